The summed E-state index contributed by atoms with van der Waals surface area (Å²) in [7, 11) is 0. The summed E-state index contributed by atoms with van der Waals surface area (Å²) in [5.41, 5.74) is 2.22. The van der Waals surface area contributed by atoms with Crippen LogP contribution in [0.4, 0.5) is 5.82 Å². The van der Waals surface area contributed by atoms with E-state index >= 15 is 0 Å². The Kier molecular flexibility index (Phi) is 4.38. The lowest BCUT2D eigenvalue weighted by molar-refractivity contribution is 0.254. The maximum absolute atomic E-state index is 4.58. The molecule has 1 aliphatic rings. The van der Waals surface area contributed by atoms with Crippen molar-refractivity contribution in [2.75, 3.05) is 37.6 Å². The number of nitrogens with zero attached hydrogens (tertiary/aromatic N) is 6. The van der Waals surface area contributed by atoms with Gasteiger partial charge in [0, 0.05) is 26.2 Å². The molecule has 6 nitrogen and oxygen atoms in total. The molecule has 0 unspecified atom stereocenters. The van der Waals surface area contributed by atoms with E-state index in [0.29, 0.717) is 0 Å². The van der Waals surface area contributed by atoms with Crippen LogP contribution in [0, 0.1) is 0 Å². The first kappa shape index (κ1) is 15.1. The van der Waals surface area contributed by atoms with E-state index in [2.05, 4.69) is 55.4 Å². The van der Waals surface area contributed by atoms with Gasteiger partial charge in [-0.1, -0.05) is 30.3 Å². The predicted molar refractivity (Wildman–Crippen MR) is 94.2 cm³/mol. The van der Waals surface area contributed by atoms with Gasteiger partial charge in [-0.05, 0) is 37.1 Å². The van der Waals surface area contributed by atoms with Gasteiger partial charge in [-0.2, -0.15) is 4.52 Å². The molecule has 0 atom stereocenters. The van der Waals surface area contributed by atoms with Crippen LogP contribution in [0.1, 0.15) is 12.0 Å². The average molecular weight is 322 g/mol. The van der Waals surface area contributed by atoms with Crippen molar-refractivity contribution in [2.45, 2.75) is 12.8 Å². The largest absolute Gasteiger partial charge is 0.353 e. The number of rotatable bonds is 5. The molecule has 0 N–H and O–H groups in total. The lowest BCUT2D eigenvalue weighted by atomic mass is 10.1. The Morgan fingerprint density at radius 2 is 1.75 bits per heavy atom. The molecule has 1 aliphatic heterocycles. The maximum atomic E-state index is 4.58. The second kappa shape index (κ2) is 6.97. The van der Waals surface area contributed by atoms with E-state index in [0.717, 1.165) is 44.1 Å². The van der Waals surface area contributed by atoms with Crippen LogP contribution in [0.3, 0.4) is 0 Å². The van der Waals surface area contributed by atoms with Crippen LogP contribution in [-0.2, 0) is 6.42 Å². The number of anilines is 1. The minimum atomic E-state index is 0.790. The Labute approximate surface area is 141 Å². The highest BCUT2D eigenvalue weighted by Gasteiger charge is 2.18. The Morgan fingerprint density at radius 1 is 0.917 bits per heavy atom. The Morgan fingerprint density at radius 3 is 2.58 bits per heavy atom. The van der Waals surface area contributed by atoms with Crippen LogP contribution in [0.5, 0.6) is 0 Å². The van der Waals surface area contributed by atoms with Crippen molar-refractivity contribution < 1.29 is 0 Å². The number of benzene rings is 1. The fraction of sp³-hybridized carbons (Fsp3) is 0.389. The van der Waals surface area contributed by atoms with Crippen molar-refractivity contribution >= 4 is 11.5 Å². The third kappa shape index (κ3) is 3.38. The summed E-state index contributed by atoms with van der Waals surface area (Å²) < 4.78 is 1.74. The topological polar surface area (TPSA) is 49.6 Å². The number of hydrogen-bond acceptors (Lipinski definition) is 5. The van der Waals surface area contributed by atoms with E-state index in [1.54, 1.807) is 10.8 Å². The van der Waals surface area contributed by atoms with Crippen LogP contribution in [-0.4, -0.2) is 57.4 Å². The number of aryl methyl sites for hydroxylation is 1. The predicted octanol–water partition coefficient (Wildman–Crippen LogP) is 1.88. The van der Waals surface area contributed by atoms with Crippen LogP contribution in [0.2, 0.25) is 0 Å². The first-order valence-corrected chi connectivity index (χ1v) is 8.57. The third-order valence-corrected chi connectivity index (χ3v) is 4.63. The quantitative estimate of drug-likeness (QED) is 0.718. The summed E-state index contributed by atoms with van der Waals surface area (Å²) in [6.07, 6.45) is 4.03. The van der Waals surface area contributed by atoms with E-state index in [1.807, 2.05) is 12.1 Å². The van der Waals surface area contributed by atoms with Crippen LogP contribution < -0.4 is 4.90 Å². The van der Waals surface area contributed by atoms with Crippen molar-refractivity contribution in [3.63, 3.8) is 0 Å². The number of piperazine rings is 1. The van der Waals surface area contributed by atoms with E-state index in [-0.39, 0.29) is 0 Å². The second-order valence-electron chi connectivity index (χ2n) is 6.24. The molecule has 4 rings (SSSR count). The summed E-state index contributed by atoms with van der Waals surface area (Å²) in [5, 5.41) is 12.5. The zero-order valence-corrected chi connectivity index (χ0v) is 13.8. The molecule has 1 fully saturated rings. The van der Waals surface area contributed by atoms with Crippen molar-refractivity contribution in [3.8, 4) is 0 Å². The van der Waals surface area contributed by atoms with Gasteiger partial charge < -0.3 is 4.90 Å². The molecule has 0 spiro atoms. The number of aromatic nitrogens is 4. The molecule has 1 saturated heterocycles. The van der Waals surface area contributed by atoms with Gasteiger partial charge in [0.1, 0.15) is 12.1 Å². The van der Waals surface area contributed by atoms with Crippen LogP contribution in [0.15, 0.2) is 48.8 Å². The van der Waals surface area contributed by atoms with Crippen LogP contribution in [0.25, 0.3) is 5.65 Å². The molecule has 3 heterocycles. The minimum absolute atomic E-state index is 0.790. The highest BCUT2D eigenvalue weighted by atomic mass is 15.4. The lowest BCUT2D eigenvalue weighted by Gasteiger charge is -2.35. The van der Waals surface area contributed by atoms with Crippen LogP contribution >= 0.6 is 0 Å². The number of fused-ring (bicyclic) bond motifs is 1. The summed E-state index contributed by atoms with van der Waals surface area (Å²) >= 11 is 0. The molecule has 24 heavy (non-hydrogen) atoms. The minimum Gasteiger partial charge on any atom is -0.353 e. The molecule has 0 bridgehead atoms. The Bertz CT molecular complexity index is 776. The summed E-state index contributed by atoms with van der Waals surface area (Å²) in [4.78, 5) is 4.89. The standard InChI is InChI=1S/C18H22N6/c1-2-5-16(6-3-1)7-4-10-22-11-13-23(14-12-22)18-9-8-17-20-19-15-24(17)21-18/h1-3,5-6,8-9,15H,4,7,10-14H2. The van der Waals surface area contributed by atoms with Gasteiger partial charge in [0.25, 0.3) is 0 Å². The molecular formula is C18H22N6. The van der Waals surface area contributed by atoms with E-state index in [4.69, 9.17) is 0 Å². The van der Waals surface area contributed by atoms with E-state index < -0.39 is 0 Å². The van der Waals surface area contributed by atoms with Gasteiger partial charge >= 0.3 is 0 Å². The molecule has 2 aromatic heterocycles. The highest BCUT2D eigenvalue weighted by Crippen LogP contribution is 2.14. The third-order valence-electron chi connectivity index (χ3n) is 4.63. The second-order valence-corrected chi connectivity index (χ2v) is 6.24. The lowest BCUT2D eigenvalue weighted by Crippen LogP contribution is -2.47. The summed E-state index contributed by atoms with van der Waals surface area (Å²) in [6, 6.07) is 14.8. The van der Waals surface area contributed by atoms with Gasteiger partial charge in [0.15, 0.2) is 5.65 Å². The fourth-order valence-electron chi connectivity index (χ4n) is 3.24. The molecule has 1 aromatic carbocycles. The van der Waals surface area contributed by atoms with Gasteiger partial charge in [-0.15, -0.1) is 15.3 Å². The molecule has 0 amide bonds. The normalized spacial score (nSPS) is 15.9. The number of hydrogen-bond donors (Lipinski definition) is 0. The monoisotopic (exact) mass is 322 g/mol. The van der Waals surface area contributed by atoms with Crippen molar-refractivity contribution in [2.24, 2.45) is 0 Å². The molecule has 0 radical (unpaired) electrons. The van der Waals surface area contributed by atoms with Crippen molar-refractivity contribution in [1.82, 2.24) is 24.7 Å². The SMILES string of the molecule is c1ccc(CCCN2CCN(c3ccc4nncn4n3)CC2)cc1. The van der Waals surface area contributed by atoms with E-state index in [1.165, 1.54) is 18.5 Å². The molecule has 124 valence electrons. The summed E-state index contributed by atoms with van der Waals surface area (Å²) in [5.74, 6) is 1.01. The summed E-state index contributed by atoms with van der Waals surface area (Å²) in [6.45, 7) is 5.39. The van der Waals surface area contributed by atoms with Gasteiger partial charge in [-0.25, -0.2) is 0 Å². The van der Waals surface area contributed by atoms with E-state index in [9.17, 15) is 0 Å². The van der Waals surface area contributed by atoms with Crippen molar-refractivity contribution in [1.29, 1.82) is 0 Å². The van der Waals surface area contributed by atoms with Gasteiger partial charge in [0.05, 0.1) is 0 Å². The Balaban J connectivity index is 1.27. The Hall–Kier alpha value is -2.47. The first-order chi connectivity index (χ1) is 11.9. The average Bonchev–Trinajstić information content (AvgIpc) is 3.11. The zero-order chi connectivity index (χ0) is 16.2. The zero-order valence-electron chi connectivity index (χ0n) is 13.8. The first-order valence-electron chi connectivity index (χ1n) is 8.57. The maximum Gasteiger partial charge on any atom is 0.177 e. The molecule has 0 saturated carbocycles. The molecule has 6 heteroatoms. The molecular weight excluding hydrogens is 300 g/mol. The molecule has 3 aromatic rings. The smallest absolute Gasteiger partial charge is 0.177 e. The van der Waals surface area contributed by atoms with Gasteiger partial charge in [0.2, 0.25) is 0 Å². The van der Waals surface area contributed by atoms with Crippen molar-refractivity contribution in [3.05, 3.63) is 54.4 Å². The van der Waals surface area contributed by atoms with Gasteiger partial charge in [-0.3, -0.25) is 4.90 Å². The fourth-order valence-corrected chi connectivity index (χ4v) is 3.24. The highest BCUT2D eigenvalue weighted by molar-refractivity contribution is 5.45. The molecule has 0 aliphatic carbocycles.